The lowest BCUT2D eigenvalue weighted by Crippen LogP contribution is -2.50. The number of fused-ring (bicyclic) bond motifs is 1. The summed E-state index contributed by atoms with van der Waals surface area (Å²) in [6, 6.07) is 20.6. The van der Waals surface area contributed by atoms with E-state index in [2.05, 4.69) is 46.3 Å². The molecule has 1 unspecified atom stereocenters. The van der Waals surface area contributed by atoms with Crippen LogP contribution in [0.3, 0.4) is 0 Å². The van der Waals surface area contributed by atoms with Gasteiger partial charge in [-0.2, -0.15) is 0 Å². The number of carbonyl (C=O) groups is 2. The Morgan fingerprint density at radius 1 is 0.939 bits per heavy atom. The van der Waals surface area contributed by atoms with Crippen LogP contribution in [0.2, 0.25) is 0 Å². The summed E-state index contributed by atoms with van der Waals surface area (Å²) in [6.07, 6.45) is 3.01. The van der Waals surface area contributed by atoms with Gasteiger partial charge in [-0.15, -0.1) is 0 Å². The highest BCUT2D eigenvalue weighted by molar-refractivity contribution is 5.89. The molecular weight excluding hydrogens is 412 g/mol. The van der Waals surface area contributed by atoms with E-state index in [0.29, 0.717) is 32.6 Å². The average molecular weight is 443 g/mol. The molecule has 1 aromatic heterocycles. The second-order valence-electron chi connectivity index (χ2n) is 9.07. The van der Waals surface area contributed by atoms with E-state index in [-0.39, 0.29) is 17.7 Å². The first-order valence-electron chi connectivity index (χ1n) is 11.8. The molecule has 6 heteroatoms. The lowest BCUT2D eigenvalue weighted by Gasteiger charge is -2.36. The summed E-state index contributed by atoms with van der Waals surface area (Å²) in [5.74, 6) is 0.0329. The number of rotatable bonds is 6. The molecule has 0 bridgehead atoms. The predicted octanol–water partition coefficient (Wildman–Crippen LogP) is 2.97. The Morgan fingerprint density at radius 3 is 2.55 bits per heavy atom. The third-order valence-electron chi connectivity index (χ3n) is 6.87. The van der Waals surface area contributed by atoms with Gasteiger partial charge in [0.15, 0.2) is 0 Å². The standard InChI is InChI=1S/C27H30N4O2/c32-25-18-24(20-31(25)13-11-21-6-2-1-3-7-21)27(33)30-16-14-29(15-17-30)19-23-9-4-8-22-10-5-12-28-26(22)23/h1-10,12,24H,11,13-20H2. The van der Waals surface area contributed by atoms with Gasteiger partial charge in [-0.3, -0.25) is 19.5 Å². The molecule has 0 aliphatic carbocycles. The van der Waals surface area contributed by atoms with Crippen molar-refractivity contribution in [3.63, 3.8) is 0 Å². The largest absolute Gasteiger partial charge is 0.342 e. The summed E-state index contributed by atoms with van der Waals surface area (Å²) in [5, 5.41) is 1.16. The molecule has 3 heterocycles. The Morgan fingerprint density at radius 2 is 1.73 bits per heavy atom. The Kier molecular flexibility index (Phi) is 6.35. The molecule has 33 heavy (non-hydrogen) atoms. The van der Waals surface area contributed by atoms with E-state index in [1.54, 1.807) is 0 Å². The van der Waals surface area contributed by atoms with Crippen LogP contribution in [0.25, 0.3) is 10.9 Å². The molecule has 2 aliphatic heterocycles. The van der Waals surface area contributed by atoms with Crippen LogP contribution < -0.4 is 0 Å². The molecule has 3 aromatic rings. The number of amides is 2. The van der Waals surface area contributed by atoms with E-state index >= 15 is 0 Å². The molecule has 5 rings (SSSR count). The zero-order valence-electron chi connectivity index (χ0n) is 18.9. The van der Waals surface area contributed by atoms with E-state index in [0.717, 1.165) is 37.0 Å². The SMILES string of the molecule is O=C1CC(C(=O)N2CCN(Cc3cccc4cccnc34)CC2)CN1CCc1ccccc1. The van der Waals surface area contributed by atoms with Crippen molar-refractivity contribution in [2.75, 3.05) is 39.3 Å². The topological polar surface area (TPSA) is 56.8 Å². The minimum absolute atomic E-state index is 0.103. The molecule has 2 amide bonds. The van der Waals surface area contributed by atoms with Crippen molar-refractivity contribution in [2.45, 2.75) is 19.4 Å². The fourth-order valence-corrected chi connectivity index (χ4v) is 4.98. The van der Waals surface area contributed by atoms with Crippen molar-refractivity contribution in [1.29, 1.82) is 0 Å². The summed E-state index contributed by atoms with van der Waals surface area (Å²) in [5.41, 5.74) is 3.50. The number of para-hydroxylation sites is 1. The molecule has 2 aliphatic rings. The summed E-state index contributed by atoms with van der Waals surface area (Å²) in [4.78, 5) is 36.4. The van der Waals surface area contributed by atoms with Crippen LogP contribution in [-0.2, 0) is 22.6 Å². The predicted molar refractivity (Wildman–Crippen MR) is 128 cm³/mol. The number of likely N-dealkylation sites (tertiary alicyclic amines) is 1. The van der Waals surface area contributed by atoms with Gasteiger partial charge in [-0.05, 0) is 23.6 Å². The third-order valence-corrected chi connectivity index (χ3v) is 6.87. The van der Waals surface area contributed by atoms with Crippen molar-refractivity contribution in [2.24, 2.45) is 5.92 Å². The van der Waals surface area contributed by atoms with E-state index in [1.807, 2.05) is 40.3 Å². The van der Waals surface area contributed by atoms with Crippen molar-refractivity contribution in [1.82, 2.24) is 19.7 Å². The molecule has 6 nitrogen and oxygen atoms in total. The normalized spacial score (nSPS) is 19.4. The van der Waals surface area contributed by atoms with Gasteiger partial charge in [0.05, 0.1) is 11.4 Å². The fourth-order valence-electron chi connectivity index (χ4n) is 4.98. The molecule has 0 N–H and O–H groups in total. The van der Waals surface area contributed by atoms with Crippen molar-refractivity contribution in [3.8, 4) is 0 Å². The Hall–Kier alpha value is -3.25. The van der Waals surface area contributed by atoms with E-state index in [1.165, 1.54) is 11.1 Å². The maximum absolute atomic E-state index is 13.1. The first-order chi connectivity index (χ1) is 16.2. The lowest BCUT2D eigenvalue weighted by molar-refractivity contribution is -0.137. The van der Waals surface area contributed by atoms with Crippen molar-refractivity contribution >= 4 is 22.7 Å². The van der Waals surface area contributed by atoms with E-state index in [9.17, 15) is 9.59 Å². The molecule has 170 valence electrons. The summed E-state index contributed by atoms with van der Waals surface area (Å²) >= 11 is 0. The van der Waals surface area contributed by atoms with Crippen LogP contribution in [0, 0.1) is 5.92 Å². The Labute approximate surface area is 194 Å². The fraction of sp³-hybridized carbons (Fsp3) is 0.370. The smallest absolute Gasteiger partial charge is 0.228 e. The number of piperazine rings is 1. The number of carbonyl (C=O) groups excluding carboxylic acids is 2. The van der Waals surface area contributed by atoms with Crippen molar-refractivity contribution < 1.29 is 9.59 Å². The van der Waals surface area contributed by atoms with Gasteiger partial charge in [-0.25, -0.2) is 0 Å². The molecule has 0 radical (unpaired) electrons. The summed E-state index contributed by atoms with van der Waals surface area (Å²) in [6.45, 7) is 5.18. The maximum Gasteiger partial charge on any atom is 0.228 e. The molecule has 1 atom stereocenters. The monoisotopic (exact) mass is 442 g/mol. The summed E-state index contributed by atoms with van der Waals surface area (Å²) < 4.78 is 0. The van der Waals surface area contributed by atoms with Gasteiger partial charge in [-0.1, -0.05) is 54.6 Å². The van der Waals surface area contributed by atoms with Crippen LogP contribution in [0.5, 0.6) is 0 Å². The number of hydrogen-bond acceptors (Lipinski definition) is 4. The van der Waals surface area contributed by atoms with E-state index in [4.69, 9.17) is 0 Å². The summed E-state index contributed by atoms with van der Waals surface area (Å²) in [7, 11) is 0. The van der Waals surface area contributed by atoms with Gasteiger partial charge in [0, 0.05) is 63.8 Å². The van der Waals surface area contributed by atoms with Gasteiger partial charge < -0.3 is 9.80 Å². The molecule has 0 spiro atoms. The number of benzene rings is 2. The highest BCUT2D eigenvalue weighted by atomic mass is 16.2. The molecule has 2 saturated heterocycles. The highest BCUT2D eigenvalue weighted by Crippen LogP contribution is 2.23. The van der Waals surface area contributed by atoms with Crippen LogP contribution >= 0.6 is 0 Å². The minimum atomic E-state index is -0.206. The first-order valence-corrected chi connectivity index (χ1v) is 11.8. The number of hydrogen-bond donors (Lipinski definition) is 0. The lowest BCUT2D eigenvalue weighted by atomic mass is 10.1. The van der Waals surface area contributed by atoms with E-state index < -0.39 is 0 Å². The average Bonchev–Trinajstić information content (AvgIpc) is 3.24. The second-order valence-corrected chi connectivity index (χ2v) is 9.07. The molecule has 0 saturated carbocycles. The first kappa shape index (κ1) is 21.6. The van der Waals surface area contributed by atoms with Crippen LogP contribution in [0.4, 0.5) is 0 Å². The zero-order valence-corrected chi connectivity index (χ0v) is 18.9. The number of nitrogens with zero attached hydrogens (tertiary/aromatic N) is 4. The molecular formula is C27H30N4O2. The minimum Gasteiger partial charge on any atom is -0.342 e. The Bertz CT molecular complexity index is 1120. The number of aromatic nitrogens is 1. The quantitative estimate of drug-likeness (QED) is 0.589. The molecule has 2 fully saturated rings. The maximum atomic E-state index is 13.1. The molecule has 2 aromatic carbocycles. The number of pyridine rings is 1. The van der Waals surface area contributed by atoms with Crippen molar-refractivity contribution in [3.05, 3.63) is 78.0 Å². The van der Waals surface area contributed by atoms with Crippen LogP contribution in [0.1, 0.15) is 17.5 Å². The third kappa shape index (κ3) is 4.91. The second kappa shape index (κ2) is 9.71. The Balaban J connectivity index is 1.13. The van der Waals surface area contributed by atoms with Crippen LogP contribution in [-0.4, -0.2) is 70.8 Å². The highest BCUT2D eigenvalue weighted by Gasteiger charge is 2.37. The van der Waals surface area contributed by atoms with Gasteiger partial charge in [0.1, 0.15) is 0 Å². The van der Waals surface area contributed by atoms with Gasteiger partial charge in [0.25, 0.3) is 0 Å². The van der Waals surface area contributed by atoms with Crippen LogP contribution in [0.15, 0.2) is 66.9 Å². The van der Waals surface area contributed by atoms with Gasteiger partial charge in [0.2, 0.25) is 11.8 Å². The zero-order chi connectivity index (χ0) is 22.6. The van der Waals surface area contributed by atoms with Gasteiger partial charge >= 0.3 is 0 Å².